The Morgan fingerprint density at radius 3 is 2.69 bits per heavy atom. The Morgan fingerprint density at radius 2 is 2.12 bits per heavy atom. The van der Waals surface area contributed by atoms with Crippen LogP contribution in [-0.4, -0.2) is 14.8 Å². The van der Waals surface area contributed by atoms with Gasteiger partial charge in [0.1, 0.15) is 11.4 Å². The van der Waals surface area contributed by atoms with Gasteiger partial charge >= 0.3 is 0 Å². The summed E-state index contributed by atoms with van der Waals surface area (Å²) in [5.41, 5.74) is 1.48. The van der Waals surface area contributed by atoms with Crippen molar-refractivity contribution in [1.82, 2.24) is 14.8 Å². The van der Waals surface area contributed by atoms with Crippen molar-refractivity contribution in [1.29, 1.82) is 0 Å². The summed E-state index contributed by atoms with van der Waals surface area (Å²) in [7, 11) is 0. The molecule has 0 aliphatic rings. The quantitative estimate of drug-likeness (QED) is 0.841. The molecular formula is C11H11BrClN3. The Bertz CT molecular complexity index is 508. The van der Waals surface area contributed by atoms with Crippen LogP contribution in [0.1, 0.15) is 19.9 Å². The highest BCUT2D eigenvalue weighted by atomic mass is 79.9. The third-order valence-electron chi connectivity index (χ3n) is 2.20. The van der Waals surface area contributed by atoms with Gasteiger partial charge in [0.25, 0.3) is 0 Å². The number of hydrogen-bond acceptors (Lipinski definition) is 2. The van der Waals surface area contributed by atoms with E-state index in [0.29, 0.717) is 10.7 Å². The van der Waals surface area contributed by atoms with Crippen LogP contribution in [0.5, 0.6) is 0 Å². The molecule has 0 atom stereocenters. The van der Waals surface area contributed by atoms with Gasteiger partial charge < -0.3 is 0 Å². The Kier molecular flexibility index (Phi) is 3.30. The topological polar surface area (TPSA) is 30.7 Å². The average Bonchev–Trinajstić information content (AvgIpc) is 2.61. The van der Waals surface area contributed by atoms with Gasteiger partial charge in [-0.3, -0.25) is 9.67 Å². The molecule has 0 amide bonds. The first-order chi connectivity index (χ1) is 7.59. The molecule has 0 spiro atoms. The summed E-state index contributed by atoms with van der Waals surface area (Å²) >= 11 is 9.59. The minimum Gasteiger partial charge on any atom is -0.268 e. The molecule has 2 heterocycles. The molecule has 0 saturated carbocycles. The summed E-state index contributed by atoms with van der Waals surface area (Å²) < 4.78 is 2.73. The van der Waals surface area contributed by atoms with Crippen molar-refractivity contribution in [2.45, 2.75) is 19.9 Å². The van der Waals surface area contributed by atoms with E-state index in [2.05, 4.69) is 39.9 Å². The van der Waals surface area contributed by atoms with Gasteiger partial charge in [0.05, 0.1) is 5.02 Å². The maximum atomic E-state index is 6.15. The first-order valence-corrected chi connectivity index (χ1v) is 6.12. The third-order valence-corrected chi connectivity index (χ3v) is 3.12. The monoisotopic (exact) mass is 299 g/mol. The smallest absolute Gasteiger partial charge is 0.130 e. The SMILES string of the molecule is CC(C)n1cc(Cl)c(-c2ncccc2Br)n1. The number of pyridine rings is 1. The highest BCUT2D eigenvalue weighted by Crippen LogP contribution is 2.30. The maximum Gasteiger partial charge on any atom is 0.130 e. The zero-order valence-electron chi connectivity index (χ0n) is 8.98. The standard InChI is InChI=1S/C11H11BrClN3/c1-7(2)16-6-9(13)11(15-16)10-8(12)4-3-5-14-10/h3-7H,1-2H3. The van der Waals surface area contributed by atoms with E-state index < -0.39 is 0 Å². The predicted molar refractivity (Wildman–Crippen MR) is 68.6 cm³/mol. The van der Waals surface area contributed by atoms with E-state index in [4.69, 9.17) is 11.6 Å². The summed E-state index contributed by atoms with van der Waals surface area (Å²) in [6.07, 6.45) is 3.55. The van der Waals surface area contributed by atoms with Gasteiger partial charge in [-0.05, 0) is 41.9 Å². The van der Waals surface area contributed by atoms with Crippen molar-refractivity contribution in [3.8, 4) is 11.4 Å². The van der Waals surface area contributed by atoms with E-state index in [1.165, 1.54) is 0 Å². The van der Waals surface area contributed by atoms with Gasteiger partial charge in [-0.15, -0.1) is 0 Å². The van der Waals surface area contributed by atoms with Crippen LogP contribution in [0.2, 0.25) is 5.02 Å². The molecule has 84 valence electrons. The van der Waals surface area contributed by atoms with Crippen molar-refractivity contribution in [3.05, 3.63) is 34.0 Å². The molecule has 16 heavy (non-hydrogen) atoms. The van der Waals surface area contributed by atoms with Gasteiger partial charge in [0.15, 0.2) is 0 Å². The van der Waals surface area contributed by atoms with Crippen LogP contribution in [0.15, 0.2) is 29.0 Å². The Balaban J connectivity index is 2.52. The Hall–Kier alpha value is -0.870. The maximum absolute atomic E-state index is 6.15. The fourth-order valence-electron chi connectivity index (χ4n) is 1.35. The van der Waals surface area contributed by atoms with E-state index in [0.717, 1.165) is 10.2 Å². The number of halogens is 2. The second-order valence-corrected chi connectivity index (χ2v) is 4.99. The highest BCUT2D eigenvalue weighted by molar-refractivity contribution is 9.10. The lowest BCUT2D eigenvalue weighted by Gasteiger charge is -2.03. The molecule has 2 aromatic heterocycles. The van der Waals surface area contributed by atoms with Gasteiger partial charge in [0.2, 0.25) is 0 Å². The minimum absolute atomic E-state index is 0.286. The lowest BCUT2D eigenvalue weighted by molar-refractivity contribution is 0.534. The van der Waals surface area contributed by atoms with E-state index in [1.807, 2.05) is 23.0 Å². The zero-order valence-corrected chi connectivity index (χ0v) is 11.3. The van der Waals surface area contributed by atoms with Crippen LogP contribution in [-0.2, 0) is 0 Å². The van der Waals surface area contributed by atoms with Crippen molar-refractivity contribution in [3.63, 3.8) is 0 Å². The number of hydrogen-bond donors (Lipinski definition) is 0. The number of nitrogens with zero attached hydrogens (tertiary/aromatic N) is 3. The summed E-state index contributed by atoms with van der Waals surface area (Å²) in [6, 6.07) is 4.07. The largest absolute Gasteiger partial charge is 0.268 e. The minimum atomic E-state index is 0.286. The third kappa shape index (κ3) is 2.13. The molecule has 0 unspecified atom stereocenters. The summed E-state index contributed by atoms with van der Waals surface area (Å²) in [5, 5.41) is 5.05. The first-order valence-electron chi connectivity index (χ1n) is 4.95. The van der Waals surface area contributed by atoms with Crippen LogP contribution in [0.3, 0.4) is 0 Å². The molecular weight excluding hydrogens is 289 g/mol. The molecule has 0 saturated heterocycles. The number of rotatable bonds is 2. The molecule has 5 heteroatoms. The molecule has 0 aliphatic heterocycles. The van der Waals surface area contributed by atoms with Crippen LogP contribution >= 0.6 is 27.5 Å². The Labute approximate surface area is 108 Å². The van der Waals surface area contributed by atoms with Gasteiger partial charge in [-0.25, -0.2) is 0 Å². The molecule has 0 N–H and O–H groups in total. The highest BCUT2D eigenvalue weighted by Gasteiger charge is 2.14. The van der Waals surface area contributed by atoms with E-state index >= 15 is 0 Å². The van der Waals surface area contributed by atoms with E-state index in [9.17, 15) is 0 Å². The zero-order chi connectivity index (χ0) is 11.7. The van der Waals surface area contributed by atoms with E-state index in [-0.39, 0.29) is 6.04 Å². The van der Waals surface area contributed by atoms with Gasteiger partial charge in [-0.1, -0.05) is 11.6 Å². The van der Waals surface area contributed by atoms with Crippen LogP contribution in [0.25, 0.3) is 11.4 Å². The fourth-order valence-corrected chi connectivity index (χ4v) is 2.02. The second kappa shape index (κ2) is 4.55. The summed E-state index contributed by atoms with van der Waals surface area (Å²) in [4.78, 5) is 4.27. The molecule has 2 rings (SSSR count). The molecule has 0 bridgehead atoms. The molecule has 3 nitrogen and oxygen atoms in total. The lowest BCUT2D eigenvalue weighted by Crippen LogP contribution is -2.01. The van der Waals surface area contributed by atoms with Crippen molar-refractivity contribution < 1.29 is 0 Å². The molecule has 0 aromatic carbocycles. The Morgan fingerprint density at radius 1 is 1.38 bits per heavy atom. The second-order valence-electron chi connectivity index (χ2n) is 3.73. The lowest BCUT2D eigenvalue weighted by atomic mass is 10.3. The summed E-state index contributed by atoms with van der Waals surface area (Å²) in [5.74, 6) is 0. The molecule has 0 fully saturated rings. The van der Waals surface area contributed by atoms with Gasteiger partial charge in [0, 0.05) is 22.9 Å². The normalized spacial score (nSPS) is 11.1. The predicted octanol–water partition coefficient (Wildman–Crippen LogP) is 3.94. The fraction of sp³-hybridized carbons (Fsp3) is 0.273. The number of aromatic nitrogens is 3. The van der Waals surface area contributed by atoms with Crippen molar-refractivity contribution in [2.24, 2.45) is 0 Å². The first kappa shape index (κ1) is 11.6. The van der Waals surface area contributed by atoms with Crippen LogP contribution in [0, 0.1) is 0 Å². The van der Waals surface area contributed by atoms with Gasteiger partial charge in [-0.2, -0.15) is 5.10 Å². The van der Waals surface area contributed by atoms with Crippen LogP contribution < -0.4 is 0 Å². The molecule has 2 aromatic rings. The van der Waals surface area contributed by atoms with Crippen molar-refractivity contribution in [2.75, 3.05) is 0 Å². The van der Waals surface area contributed by atoms with Crippen molar-refractivity contribution >= 4 is 27.5 Å². The summed E-state index contributed by atoms with van der Waals surface area (Å²) in [6.45, 7) is 4.11. The van der Waals surface area contributed by atoms with E-state index in [1.54, 1.807) is 6.20 Å². The molecule has 0 aliphatic carbocycles. The average molecular weight is 301 g/mol. The molecule has 0 radical (unpaired) electrons. The van der Waals surface area contributed by atoms with Crippen LogP contribution in [0.4, 0.5) is 0 Å².